The number of primary amides is 1. The molecule has 3 amide bonds. The summed E-state index contributed by atoms with van der Waals surface area (Å²) < 4.78 is 64.7. The van der Waals surface area contributed by atoms with Crippen LogP contribution >= 0.6 is 0 Å². The first kappa shape index (κ1) is 29.6. The number of aliphatic hydroxyl groups is 1. The van der Waals surface area contributed by atoms with Crippen LogP contribution in [0, 0.1) is 0 Å². The minimum Gasteiger partial charge on any atom is -0.395 e. The van der Waals surface area contributed by atoms with E-state index in [-0.39, 0.29) is 19.1 Å². The minimum absolute atomic E-state index is 0.0313. The Balaban J connectivity index is 0.000000261. The zero-order valence-corrected chi connectivity index (χ0v) is 19.7. The summed E-state index contributed by atoms with van der Waals surface area (Å²) in [6.45, 7) is -0.448. The number of alkyl halides is 5. The zero-order valence-electron chi connectivity index (χ0n) is 19.7. The Bertz CT molecular complexity index is 1110. The van der Waals surface area contributed by atoms with E-state index in [4.69, 9.17) is 5.73 Å². The summed E-state index contributed by atoms with van der Waals surface area (Å²) >= 11 is 0. The fourth-order valence-corrected chi connectivity index (χ4v) is 3.46. The smallest absolute Gasteiger partial charge is 0.395 e. The molecule has 3 rings (SSSR count). The zero-order chi connectivity index (χ0) is 27.8. The van der Waals surface area contributed by atoms with Gasteiger partial charge in [0.25, 0.3) is 11.8 Å². The quantitative estimate of drug-likeness (QED) is 0.357. The van der Waals surface area contributed by atoms with E-state index in [1.165, 1.54) is 12.2 Å². The van der Waals surface area contributed by atoms with Gasteiger partial charge < -0.3 is 25.8 Å². The van der Waals surface area contributed by atoms with Crippen molar-refractivity contribution in [3.8, 4) is 11.1 Å². The first-order valence-electron chi connectivity index (χ1n) is 11.1. The van der Waals surface area contributed by atoms with Gasteiger partial charge in [-0.15, -0.1) is 0 Å². The molecule has 1 atom stereocenters. The topological polar surface area (TPSA) is 122 Å². The van der Waals surface area contributed by atoms with Crippen molar-refractivity contribution in [2.75, 3.05) is 31.2 Å². The van der Waals surface area contributed by atoms with Crippen molar-refractivity contribution in [2.24, 2.45) is 5.73 Å². The number of halogens is 5. The Morgan fingerprint density at radius 2 is 1.68 bits per heavy atom. The molecule has 0 saturated carbocycles. The van der Waals surface area contributed by atoms with Gasteiger partial charge in [0.05, 0.1) is 25.3 Å². The molecule has 1 unspecified atom stereocenters. The largest absolute Gasteiger partial charge is 0.455 e. The van der Waals surface area contributed by atoms with E-state index in [0.717, 1.165) is 22.4 Å². The van der Waals surface area contributed by atoms with Crippen molar-refractivity contribution in [1.82, 2.24) is 5.32 Å². The number of para-hydroxylation sites is 1. The monoisotopic (exact) mass is 531 g/mol. The van der Waals surface area contributed by atoms with Crippen LogP contribution in [0.4, 0.5) is 27.6 Å². The third-order valence-corrected chi connectivity index (χ3v) is 5.20. The Hall–Kier alpha value is -3.58. The third-order valence-electron chi connectivity index (χ3n) is 5.20. The molecular weight excluding hydrogens is 505 g/mol. The van der Waals surface area contributed by atoms with Gasteiger partial charge in [0.1, 0.15) is 0 Å². The van der Waals surface area contributed by atoms with Crippen molar-refractivity contribution in [2.45, 2.75) is 31.5 Å². The van der Waals surface area contributed by atoms with Crippen LogP contribution in [-0.4, -0.2) is 67.3 Å². The Labute approximate surface area is 209 Å². The molecule has 1 aliphatic heterocycles. The number of hydrogen-bond donors (Lipinski definition) is 3. The second-order valence-corrected chi connectivity index (χ2v) is 7.78. The highest BCUT2D eigenvalue weighted by Gasteiger charge is 2.57. The summed E-state index contributed by atoms with van der Waals surface area (Å²) in [5.74, 6) is -7.80. The van der Waals surface area contributed by atoms with Crippen LogP contribution in [0.25, 0.3) is 11.1 Å². The maximum absolute atomic E-state index is 12.4. The lowest BCUT2D eigenvalue weighted by atomic mass is 9.98. The molecule has 0 fully saturated rings. The van der Waals surface area contributed by atoms with E-state index < -0.39 is 36.6 Å². The number of anilines is 1. The summed E-state index contributed by atoms with van der Waals surface area (Å²) in [6, 6.07) is 15.8. The van der Waals surface area contributed by atoms with Crippen LogP contribution in [0.5, 0.6) is 0 Å². The first-order chi connectivity index (χ1) is 17.3. The van der Waals surface area contributed by atoms with Crippen molar-refractivity contribution in [1.29, 1.82) is 0 Å². The average molecular weight is 531 g/mol. The molecule has 37 heavy (non-hydrogen) atoms. The fraction of sp³-hybridized carbons (Fsp3) is 0.375. The molecule has 202 valence electrons. The number of carbonyl (C=O) groups is 3. The van der Waals surface area contributed by atoms with Crippen molar-refractivity contribution in [3.05, 3.63) is 54.1 Å². The molecule has 8 nitrogen and oxygen atoms in total. The summed E-state index contributed by atoms with van der Waals surface area (Å²) in [4.78, 5) is 35.8. The van der Waals surface area contributed by atoms with Crippen LogP contribution < -0.4 is 16.0 Å². The normalized spacial score (nSPS) is 13.9. The molecule has 1 aliphatic rings. The first-order valence-corrected chi connectivity index (χ1v) is 11.1. The van der Waals surface area contributed by atoms with Crippen LogP contribution in [-0.2, 0) is 25.5 Å². The molecule has 0 aromatic heterocycles. The molecule has 1 heterocycles. The number of aliphatic hydroxyl groups excluding tert-OH is 1. The van der Waals surface area contributed by atoms with E-state index in [1.807, 2.05) is 48.5 Å². The summed E-state index contributed by atoms with van der Waals surface area (Å²) in [5, 5.41) is 10.4. The number of β-amino-alcohol motifs (C(OH)–C–C–N with tert-alkyl or cyclic N) is 1. The number of amides is 3. The third kappa shape index (κ3) is 7.46. The summed E-state index contributed by atoms with van der Waals surface area (Å²) in [7, 11) is 0. The highest BCUT2D eigenvalue weighted by Crippen LogP contribution is 2.36. The van der Waals surface area contributed by atoms with Gasteiger partial charge in [-0.2, -0.15) is 22.0 Å². The Kier molecular flexibility index (Phi) is 10.1. The maximum atomic E-state index is 12.4. The standard InChI is InChI=1S/C16H15NO2.C8H11F5N2O3/c18-10-9-17-15-8-4-3-7-14(15)13-6-2-1-5-12(13)11-16(17)19;1-2-18-4(5(14)16)6(17)15-3-7(9,10)8(11,12)13/h1-8,18H,9-11H2;4H,2-3H2,1H3,(H2,14,16)(H,15,17). The van der Waals surface area contributed by atoms with E-state index in [1.54, 1.807) is 4.90 Å². The minimum atomic E-state index is -5.80. The number of fused-ring (bicyclic) bond motifs is 3. The van der Waals surface area contributed by atoms with Gasteiger partial charge in [-0.25, -0.2) is 0 Å². The van der Waals surface area contributed by atoms with Gasteiger partial charge in [-0.05, 0) is 24.1 Å². The number of nitrogens with two attached hydrogens (primary N) is 1. The number of rotatable bonds is 8. The number of nitrogens with zero attached hydrogens (tertiary/aromatic N) is 1. The molecule has 0 bridgehead atoms. The number of benzene rings is 2. The van der Waals surface area contributed by atoms with Crippen LogP contribution in [0.1, 0.15) is 12.5 Å². The molecule has 0 aliphatic carbocycles. The highest BCUT2D eigenvalue weighted by atomic mass is 19.4. The van der Waals surface area contributed by atoms with E-state index in [9.17, 15) is 41.4 Å². The summed E-state index contributed by atoms with van der Waals surface area (Å²) in [6.07, 6.45) is -7.32. The van der Waals surface area contributed by atoms with Gasteiger partial charge in [-0.3, -0.25) is 14.4 Å². The van der Waals surface area contributed by atoms with Crippen LogP contribution in [0.3, 0.4) is 0 Å². The molecule has 4 N–H and O–H groups in total. The Morgan fingerprint density at radius 1 is 1.08 bits per heavy atom. The van der Waals surface area contributed by atoms with Gasteiger partial charge in [-0.1, -0.05) is 42.5 Å². The van der Waals surface area contributed by atoms with Crippen LogP contribution in [0.2, 0.25) is 0 Å². The van der Waals surface area contributed by atoms with Crippen LogP contribution in [0.15, 0.2) is 48.5 Å². The predicted molar refractivity (Wildman–Crippen MR) is 124 cm³/mol. The van der Waals surface area contributed by atoms with Crippen molar-refractivity contribution >= 4 is 23.4 Å². The second kappa shape index (κ2) is 12.6. The number of nitrogens with one attached hydrogen (secondary N) is 1. The average Bonchev–Trinajstić information content (AvgIpc) is 2.95. The number of hydrogen-bond acceptors (Lipinski definition) is 5. The molecule has 0 spiro atoms. The second-order valence-electron chi connectivity index (χ2n) is 7.78. The molecular formula is C24H26F5N3O5. The molecule has 0 saturated heterocycles. The predicted octanol–water partition coefficient (Wildman–Crippen LogP) is 2.43. The van der Waals surface area contributed by atoms with Crippen molar-refractivity contribution < 1.29 is 46.2 Å². The maximum Gasteiger partial charge on any atom is 0.455 e. The lowest BCUT2D eigenvalue weighted by Crippen LogP contribution is -2.51. The lowest BCUT2D eigenvalue weighted by molar-refractivity contribution is -0.278. The molecule has 2 aromatic carbocycles. The van der Waals surface area contributed by atoms with Gasteiger partial charge >= 0.3 is 12.1 Å². The molecule has 0 radical (unpaired) electrons. The van der Waals surface area contributed by atoms with E-state index in [0.29, 0.717) is 13.0 Å². The highest BCUT2D eigenvalue weighted by molar-refractivity contribution is 6.03. The van der Waals surface area contributed by atoms with Crippen molar-refractivity contribution in [3.63, 3.8) is 0 Å². The van der Waals surface area contributed by atoms with E-state index >= 15 is 0 Å². The van der Waals surface area contributed by atoms with Gasteiger partial charge in [0.2, 0.25) is 12.0 Å². The SMILES string of the molecule is CCOC(C(N)=O)C(=O)NCC(F)(F)C(F)(F)F.O=C1Cc2ccccc2-c2ccccc2N1CCO. The summed E-state index contributed by atoms with van der Waals surface area (Å²) in [5.41, 5.74) is 8.79. The van der Waals surface area contributed by atoms with Gasteiger partial charge in [0.15, 0.2) is 0 Å². The number of carbonyl (C=O) groups excluding carboxylic acids is 3. The fourth-order valence-electron chi connectivity index (χ4n) is 3.46. The lowest BCUT2D eigenvalue weighted by Gasteiger charge is -2.21. The number of ether oxygens (including phenoxy) is 1. The van der Waals surface area contributed by atoms with Gasteiger partial charge in [0, 0.05) is 18.7 Å². The molecule has 13 heteroatoms. The molecule has 2 aromatic rings. The van der Waals surface area contributed by atoms with E-state index in [2.05, 4.69) is 4.74 Å². The Morgan fingerprint density at radius 3 is 2.24 bits per heavy atom.